The topological polar surface area (TPSA) is 92.3 Å². The van der Waals surface area contributed by atoms with Gasteiger partial charge in [0.2, 0.25) is 20.0 Å². The maximum atomic E-state index is 12.7. The van der Waals surface area contributed by atoms with Gasteiger partial charge in [-0.05, 0) is 61.4 Å². The summed E-state index contributed by atoms with van der Waals surface area (Å²) in [6.45, 7) is 0. The summed E-state index contributed by atoms with van der Waals surface area (Å²) < 4.78 is 57.8. The van der Waals surface area contributed by atoms with Gasteiger partial charge in [0.05, 0.1) is 9.79 Å². The third-order valence-electron chi connectivity index (χ3n) is 4.63. The zero-order valence-electron chi connectivity index (χ0n) is 14.8. The Balaban J connectivity index is 1.78. The van der Waals surface area contributed by atoms with Gasteiger partial charge in [0, 0.05) is 21.0 Å². The third kappa shape index (κ3) is 5.43. The van der Waals surface area contributed by atoms with Crippen molar-refractivity contribution >= 4 is 51.9 Å². The van der Waals surface area contributed by atoms with Crippen LogP contribution in [0.5, 0.6) is 0 Å². The van der Waals surface area contributed by atoms with E-state index in [0.717, 1.165) is 21.8 Å². The SMILES string of the molecule is O=S(=O)(N[C@H]1CCCC[C@@H]1NS(=O)(=O)c1ccc(Br)cc1)c1ccc(Br)cc1. The van der Waals surface area contributed by atoms with Crippen LogP contribution in [0.3, 0.4) is 0 Å². The Labute approximate surface area is 182 Å². The predicted molar refractivity (Wildman–Crippen MR) is 115 cm³/mol. The van der Waals surface area contributed by atoms with Gasteiger partial charge in [-0.1, -0.05) is 44.7 Å². The lowest BCUT2D eigenvalue weighted by atomic mass is 9.92. The Hall–Kier alpha value is -0.780. The highest BCUT2D eigenvalue weighted by molar-refractivity contribution is 9.10. The Bertz CT molecular complexity index is 939. The zero-order valence-corrected chi connectivity index (χ0v) is 19.6. The lowest BCUT2D eigenvalue weighted by Crippen LogP contribution is -2.52. The molecule has 0 bridgehead atoms. The molecule has 0 spiro atoms. The zero-order chi connectivity index (χ0) is 20.4. The second-order valence-electron chi connectivity index (χ2n) is 6.65. The van der Waals surface area contributed by atoms with Crippen molar-refractivity contribution in [1.82, 2.24) is 9.44 Å². The second kappa shape index (κ2) is 8.93. The molecular weight excluding hydrogens is 532 g/mol. The van der Waals surface area contributed by atoms with E-state index in [0.29, 0.717) is 12.8 Å². The minimum Gasteiger partial charge on any atom is -0.207 e. The number of sulfonamides is 2. The van der Waals surface area contributed by atoms with Crippen LogP contribution in [0.4, 0.5) is 0 Å². The first-order chi connectivity index (χ1) is 13.2. The number of benzene rings is 2. The van der Waals surface area contributed by atoms with E-state index in [4.69, 9.17) is 0 Å². The minimum absolute atomic E-state index is 0.149. The molecule has 1 aliphatic carbocycles. The summed E-state index contributed by atoms with van der Waals surface area (Å²) >= 11 is 6.57. The van der Waals surface area contributed by atoms with Crippen molar-refractivity contribution in [1.29, 1.82) is 0 Å². The molecule has 2 aromatic carbocycles. The van der Waals surface area contributed by atoms with E-state index in [1.807, 2.05) is 0 Å². The Morgan fingerprint density at radius 3 is 1.29 bits per heavy atom. The molecule has 0 radical (unpaired) electrons. The molecule has 2 aromatic rings. The Morgan fingerprint density at radius 2 is 0.964 bits per heavy atom. The van der Waals surface area contributed by atoms with E-state index in [-0.39, 0.29) is 9.79 Å². The molecule has 28 heavy (non-hydrogen) atoms. The van der Waals surface area contributed by atoms with Gasteiger partial charge in [-0.25, -0.2) is 26.3 Å². The summed E-state index contributed by atoms with van der Waals surface area (Å²) in [6, 6.07) is 11.7. The summed E-state index contributed by atoms with van der Waals surface area (Å²) in [5.74, 6) is 0. The fourth-order valence-electron chi connectivity index (χ4n) is 3.18. The second-order valence-corrected chi connectivity index (χ2v) is 11.9. The molecule has 1 saturated carbocycles. The third-order valence-corrected chi connectivity index (χ3v) is 8.70. The molecule has 2 atom stereocenters. The van der Waals surface area contributed by atoms with Crippen LogP contribution in [0.2, 0.25) is 0 Å². The molecule has 152 valence electrons. The van der Waals surface area contributed by atoms with Crippen molar-refractivity contribution in [3.05, 3.63) is 57.5 Å². The van der Waals surface area contributed by atoms with Crippen LogP contribution in [0.15, 0.2) is 67.3 Å². The minimum atomic E-state index is -3.75. The molecule has 1 fully saturated rings. The number of hydrogen-bond donors (Lipinski definition) is 2. The van der Waals surface area contributed by atoms with Crippen molar-refractivity contribution in [3.63, 3.8) is 0 Å². The van der Waals surface area contributed by atoms with Gasteiger partial charge in [-0.3, -0.25) is 0 Å². The van der Waals surface area contributed by atoms with Crippen molar-refractivity contribution in [2.75, 3.05) is 0 Å². The fourth-order valence-corrected chi connectivity index (χ4v) is 6.33. The quantitative estimate of drug-likeness (QED) is 0.571. The molecule has 1 aliphatic rings. The van der Waals surface area contributed by atoms with E-state index in [2.05, 4.69) is 41.3 Å². The van der Waals surface area contributed by atoms with E-state index < -0.39 is 32.1 Å². The molecule has 2 N–H and O–H groups in total. The van der Waals surface area contributed by atoms with Gasteiger partial charge in [-0.15, -0.1) is 0 Å². The molecular formula is C18H20Br2N2O4S2. The van der Waals surface area contributed by atoms with E-state index >= 15 is 0 Å². The molecule has 6 nitrogen and oxygen atoms in total. The first-order valence-electron chi connectivity index (χ1n) is 8.73. The summed E-state index contributed by atoms with van der Waals surface area (Å²) in [4.78, 5) is 0.298. The lowest BCUT2D eigenvalue weighted by Gasteiger charge is -2.32. The van der Waals surface area contributed by atoms with Crippen LogP contribution >= 0.6 is 31.9 Å². The van der Waals surface area contributed by atoms with E-state index in [1.165, 1.54) is 24.3 Å². The maximum absolute atomic E-state index is 12.7. The molecule has 0 saturated heterocycles. The standard InChI is InChI=1S/C18H20Br2N2O4S2/c19-13-5-9-15(10-6-13)27(23,24)21-17-3-1-2-4-18(17)22-28(25,26)16-11-7-14(20)8-12-16/h5-12,17-18,21-22H,1-4H2/t17-,18-/m0/s1. The lowest BCUT2D eigenvalue weighted by molar-refractivity contribution is 0.340. The van der Waals surface area contributed by atoms with E-state index in [9.17, 15) is 16.8 Å². The Kier molecular flexibility index (Phi) is 6.99. The van der Waals surface area contributed by atoms with E-state index in [1.54, 1.807) is 24.3 Å². The van der Waals surface area contributed by atoms with Gasteiger partial charge in [0.1, 0.15) is 0 Å². The van der Waals surface area contributed by atoms with Crippen LogP contribution in [-0.4, -0.2) is 28.9 Å². The van der Waals surface area contributed by atoms with Crippen molar-refractivity contribution < 1.29 is 16.8 Å². The van der Waals surface area contributed by atoms with Gasteiger partial charge >= 0.3 is 0 Å². The summed E-state index contributed by atoms with van der Waals surface area (Å²) in [6.07, 6.45) is 2.82. The van der Waals surface area contributed by atoms with Gasteiger partial charge in [0.15, 0.2) is 0 Å². The normalized spacial score (nSPS) is 20.8. The summed E-state index contributed by atoms with van der Waals surface area (Å²) in [5.41, 5.74) is 0. The Morgan fingerprint density at radius 1 is 0.643 bits per heavy atom. The fraction of sp³-hybridized carbons (Fsp3) is 0.333. The highest BCUT2D eigenvalue weighted by Gasteiger charge is 2.32. The van der Waals surface area contributed by atoms with Crippen LogP contribution in [0, 0.1) is 0 Å². The highest BCUT2D eigenvalue weighted by Crippen LogP contribution is 2.24. The van der Waals surface area contributed by atoms with Crippen LogP contribution in [0.1, 0.15) is 25.7 Å². The van der Waals surface area contributed by atoms with Crippen molar-refractivity contribution in [2.45, 2.75) is 47.6 Å². The summed E-state index contributed by atoms with van der Waals surface area (Å²) in [7, 11) is -7.49. The number of rotatable bonds is 6. The highest BCUT2D eigenvalue weighted by atomic mass is 79.9. The maximum Gasteiger partial charge on any atom is 0.240 e. The van der Waals surface area contributed by atoms with Crippen molar-refractivity contribution in [3.8, 4) is 0 Å². The predicted octanol–water partition coefficient (Wildman–Crippen LogP) is 3.78. The molecule has 3 rings (SSSR count). The van der Waals surface area contributed by atoms with Crippen LogP contribution in [-0.2, 0) is 20.0 Å². The average molecular weight is 552 g/mol. The van der Waals surface area contributed by atoms with Crippen LogP contribution < -0.4 is 9.44 Å². The van der Waals surface area contributed by atoms with Crippen LogP contribution in [0.25, 0.3) is 0 Å². The molecule has 10 heteroatoms. The average Bonchev–Trinajstić information content (AvgIpc) is 2.64. The first kappa shape index (κ1) is 21.9. The first-order valence-corrected chi connectivity index (χ1v) is 13.3. The molecule has 0 heterocycles. The molecule has 0 aromatic heterocycles. The number of nitrogens with one attached hydrogen (secondary N) is 2. The van der Waals surface area contributed by atoms with Gasteiger partial charge < -0.3 is 0 Å². The molecule has 0 aliphatic heterocycles. The van der Waals surface area contributed by atoms with Gasteiger partial charge in [0.25, 0.3) is 0 Å². The number of hydrogen-bond acceptors (Lipinski definition) is 4. The van der Waals surface area contributed by atoms with Gasteiger partial charge in [-0.2, -0.15) is 0 Å². The largest absolute Gasteiger partial charge is 0.240 e. The van der Waals surface area contributed by atoms with Crippen molar-refractivity contribution in [2.24, 2.45) is 0 Å². The summed E-state index contributed by atoms with van der Waals surface area (Å²) in [5, 5.41) is 0. The molecule has 0 unspecified atom stereocenters. The molecule has 0 amide bonds. The number of halogens is 2. The monoisotopic (exact) mass is 550 g/mol. The smallest absolute Gasteiger partial charge is 0.207 e.